The largest absolute Gasteiger partial charge is 0.490 e. The molecule has 0 bridgehead atoms. The van der Waals surface area contributed by atoms with E-state index in [0.717, 1.165) is 50.8 Å². The summed E-state index contributed by atoms with van der Waals surface area (Å²) in [7, 11) is 2.22. The van der Waals surface area contributed by atoms with E-state index < -0.39 is 12.1 Å². The Morgan fingerprint density at radius 3 is 2.41 bits per heavy atom. The predicted octanol–water partition coefficient (Wildman–Crippen LogP) is 3.31. The summed E-state index contributed by atoms with van der Waals surface area (Å²) in [6.07, 6.45) is -0.0237. The van der Waals surface area contributed by atoms with Gasteiger partial charge in [-0.25, -0.2) is 4.79 Å². The van der Waals surface area contributed by atoms with Gasteiger partial charge in [-0.3, -0.25) is 9.69 Å². The van der Waals surface area contributed by atoms with E-state index in [-0.39, 0.29) is 11.4 Å². The number of fused-ring (bicyclic) bond motifs is 1. The number of benzene rings is 1. The van der Waals surface area contributed by atoms with Crippen LogP contribution in [0.2, 0.25) is 0 Å². The average Bonchev–Trinajstić information content (AvgIpc) is 3.46. The van der Waals surface area contributed by atoms with Gasteiger partial charge in [-0.1, -0.05) is 6.07 Å². The number of alkyl halides is 3. The van der Waals surface area contributed by atoms with Crippen LogP contribution in [0.25, 0.3) is 0 Å². The molecule has 1 aromatic carbocycles. The van der Waals surface area contributed by atoms with E-state index in [0.29, 0.717) is 19.1 Å². The van der Waals surface area contributed by atoms with Gasteiger partial charge in [-0.05, 0) is 74.4 Å². The fourth-order valence-corrected chi connectivity index (χ4v) is 4.90. The van der Waals surface area contributed by atoms with Crippen LogP contribution in [-0.2, 0) is 27.5 Å². The molecule has 0 radical (unpaired) electrons. The van der Waals surface area contributed by atoms with Gasteiger partial charge in [0.2, 0.25) is 0 Å². The molecule has 3 fully saturated rings. The van der Waals surface area contributed by atoms with Crippen LogP contribution < -0.4 is 0 Å². The molecule has 1 saturated carbocycles. The molecule has 7 nitrogen and oxygen atoms in total. The molecule has 3 aliphatic heterocycles. The van der Waals surface area contributed by atoms with Crippen LogP contribution in [0.3, 0.4) is 0 Å². The average molecular weight is 485 g/mol. The maximum atomic E-state index is 12.9. The highest BCUT2D eigenvalue weighted by atomic mass is 19.4. The summed E-state index contributed by atoms with van der Waals surface area (Å²) >= 11 is 0. The number of amides is 1. The van der Waals surface area contributed by atoms with Gasteiger partial charge in [0.1, 0.15) is 0 Å². The Labute approximate surface area is 196 Å². The zero-order valence-corrected chi connectivity index (χ0v) is 19.3. The summed E-state index contributed by atoms with van der Waals surface area (Å²) in [5.74, 6) is -1.13. The highest BCUT2D eigenvalue weighted by Crippen LogP contribution is 2.39. The first-order valence-electron chi connectivity index (χ1n) is 11.7. The molecule has 1 amide bonds. The van der Waals surface area contributed by atoms with Crippen molar-refractivity contribution in [3.05, 3.63) is 34.9 Å². The van der Waals surface area contributed by atoms with Gasteiger partial charge >= 0.3 is 12.1 Å². The molecule has 34 heavy (non-hydrogen) atoms. The molecule has 1 aliphatic carbocycles. The van der Waals surface area contributed by atoms with Crippen LogP contribution in [0, 0.1) is 11.8 Å². The smallest absolute Gasteiger partial charge is 0.475 e. The third kappa shape index (κ3) is 5.72. The lowest BCUT2D eigenvalue weighted by molar-refractivity contribution is -0.192. The minimum atomic E-state index is -5.08. The van der Waals surface area contributed by atoms with Crippen molar-refractivity contribution >= 4 is 11.9 Å². The first kappa shape index (κ1) is 24.9. The van der Waals surface area contributed by atoms with Crippen LogP contribution in [0.4, 0.5) is 13.2 Å². The van der Waals surface area contributed by atoms with Crippen LogP contribution >= 0.6 is 0 Å². The number of halogens is 3. The Hall–Kier alpha value is -2.17. The number of aliphatic carboxylic acids is 1. The zero-order chi connectivity index (χ0) is 24.5. The van der Waals surface area contributed by atoms with Crippen molar-refractivity contribution in [3.8, 4) is 0 Å². The lowest BCUT2D eigenvalue weighted by Gasteiger charge is -2.58. The van der Waals surface area contributed by atoms with Crippen molar-refractivity contribution in [2.75, 3.05) is 39.9 Å². The normalized spacial score (nSPS) is 23.6. The summed E-state index contributed by atoms with van der Waals surface area (Å²) in [5.41, 5.74) is 3.34. The Kier molecular flexibility index (Phi) is 7.21. The molecule has 1 aromatic rings. The van der Waals surface area contributed by atoms with Gasteiger partial charge in [-0.15, -0.1) is 0 Å². The van der Waals surface area contributed by atoms with Crippen molar-refractivity contribution in [1.82, 2.24) is 9.80 Å². The van der Waals surface area contributed by atoms with E-state index in [9.17, 15) is 18.0 Å². The molecular weight excluding hydrogens is 453 g/mol. The maximum absolute atomic E-state index is 12.9. The number of carboxylic acid groups (broad SMARTS) is 1. The molecular formula is C24H31F3N2O5. The van der Waals surface area contributed by atoms with Crippen molar-refractivity contribution < 1.29 is 37.3 Å². The number of hydrogen-bond acceptors (Lipinski definition) is 5. The molecule has 4 aliphatic rings. The molecule has 1 unspecified atom stereocenters. The van der Waals surface area contributed by atoms with E-state index in [4.69, 9.17) is 19.4 Å². The van der Waals surface area contributed by atoms with E-state index >= 15 is 0 Å². The quantitative estimate of drug-likeness (QED) is 0.691. The van der Waals surface area contributed by atoms with Crippen LogP contribution in [0.1, 0.15) is 47.2 Å². The van der Waals surface area contributed by atoms with Gasteiger partial charge in [0.25, 0.3) is 5.91 Å². The van der Waals surface area contributed by atoms with Crippen molar-refractivity contribution in [2.24, 2.45) is 11.8 Å². The second kappa shape index (κ2) is 9.83. The fraction of sp³-hybridized carbons (Fsp3) is 0.667. The minimum Gasteiger partial charge on any atom is -0.475 e. The molecule has 1 spiro atoms. The van der Waals surface area contributed by atoms with Crippen LogP contribution in [-0.4, -0.2) is 78.4 Å². The summed E-state index contributed by atoms with van der Waals surface area (Å²) in [5, 5.41) is 7.12. The van der Waals surface area contributed by atoms with E-state index in [1.165, 1.54) is 30.4 Å². The number of nitrogens with zero attached hydrogens (tertiary/aromatic N) is 2. The number of hydrogen-bond donors (Lipinski definition) is 1. The van der Waals surface area contributed by atoms with Gasteiger partial charge in [0.05, 0.1) is 18.8 Å². The molecule has 188 valence electrons. The van der Waals surface area contributed by atoms with E-state index in [1.807, 2.05) is 23.1 Å². The number of likely N-dealkylation sites (N-methyl/N-ethyl adjacent to an activating group) is 1. The number of likely N-dealkylation sites (tertiary alicyclic amines) is 2. The summed E-state index contributed by atoms with van der Waals surface area (Å²) < 4.78 is 43.2. The highest BCUT2D eigenvalue weighted by molar-refractivity contribution is 5.95. The Bertz CT molecular complexity index is 912. The number of carboxylic acids is 1. The Balaban J connectivity index is 0.000000344. The summed E-state index contributed by atoms with van der Waals surface area (Å²) in [4.78, 5) is 26.3. The Morgan fingerprint density at radius 2 is 1.76 bits per heavy atom. The standard InChI is InChI=1S/C22H30N2O3.C2HF3O2/c1-23-7-6-17(11-26-10-16-2-3-16)9-22(23)14-24(15-22)21(25)18-4-5-19-12-27-13-20(19)8-18;3-2(4,5)1(6)7/h4-5,8,16-17H,2-3,6-7,9-15H2,1H3;(H,6,7). The predicted molar refractivity (Wildman–Crippen MR) is 116 cm³/mol. The Morgan fingerprint density at radius 1 is 1.12 bits per heavy atom. The van der Waals surface area contributed by atoms with Crippen LogP contribution in [0.5, 0.6) is 0 Å². The van der Waals surface area contributed by atoms with Gasteiger partial charge in [0, 0.05) is 31.9 Å². The number of ether oxygens (including phenoxy) is 2. The fourth-order valence-electron chi connectivity index (χ4n) is 4.90. The zero-order valence-electron chi connectivity index (χ0n) is 19.3. The molecule has 5 rings (SSSR count). The molecule has 1 atom stereocenters. The van der Waals surface area contributed by atoms with Gasteiger partial charge in [-0.2, -0.15) is 13.2 Å². The molecule has 0 aromatic heterocycles. The third-order valence-electron chi connectivity index (χ3n) is 7.22. The number of carbonyl (C=O) groups excluding carboxylic acids is 1. The SMILES string of the molecule is CN1CCC(COCC2CC2)CC12CN(C(=O)c1ccc3c(c1)COC3)C2.O=C(O)C(F)(F)F. The third-order valence-corrected chi connectivity index (χ3v) is 7.22. The molecule has 1 N–H and O–H groups in total. The lowest BCUT2D eigenvalue weighted by atomic mass is 9.75. The van der Waals surface area contributed by atoms with E-state index in [2.05, 4.69) is 11.9 Å². The second-order valence-corrected chi connectivity index (χ2v) is 9.93. The molecule has 3 heterocycles. The monoisotopic (exact) mass is 484 g/mol. The minimum absolute atomic E-state index is 0.154. The lowest BCUT2D eigenvalue weighted by Crippen LogP contribution is -2.72. The molecule has 2 saturated heterocycles. The summed E-state index contributed by atoms with van der Waals surface area (Å²) in [6.45, 7) is 5.94. The maximum Gasteiger partial charge on any atom is 0.490 e. The number of carbonyl (C=O) groups is 2. The topological polar surface area (TPSA) is 79.3 Å². The number of rotatable bonds is 5. The van der Waals surface area contributed by atoms with Crippen LogP contribution in [0.15, 0.2) is 18.2 Å². The second-order valence-electron chi connectivity index (χ2n) is 9.93. The summed E-state index contributed by atoms with van der Waals surface area (Å²) in [6, 6.07) is 6.03. The van der Waals surface area contributed by atoms with Crippen molar-refractivity contribution in [1.29, 1.82) is 0 Å². The highest BCUT2D eigenvalue weighted by Gasteiger charge is 2.51. The first-order valence-corrected chi connectivity index (χ1v) is 11.7. The first-order chi connectivity index (χ1) is 16.1. The number of piperidine rings is 1. The van der Waals surface area contributed by atoms with Crippen molar-refractivity contribution in [3.63, 3.8) is 0 Å². The van der Waals surface area contributed by atoms with Gasteiger partial charge in [0.15, 0.2) is 0 Å². The van der Waals surface area contributed by atoms with Gasteiger partial charge < -0.3 is 19.5 Å². The van der Waals surface area contributed by atoms with Crippen molar-refractivity contribution in [2.45, 2.75) is 50.6 Å². The molecule has 10 heteroatoms. The van der Waals surface area contributed by atoms with E-state index in [1.54, 1.807) is 0 Å².